The molecule has 1 aliphatic carbocycles. The monoisotopic (exact) mass is 390 g/mol. The second-order valence-corrected chi connectivity index (χ2v) is 9.25. The molecule has 3 aliphatic rings. The molecule has 1 aromatic rings. The lowest BCUT2D eigenvalue weighted by atomic mass is 9.78. The molecule has 2 saturated heterocycles. The number of carbonyl (C=O) groups is 2. The van der Waals surface area contributed by atoms with Gasteiger partial charge in [0, 0.05) is 35.9 Å². The van der Waals surface area contributed by atoms with Gasteiger partial charge in [-0.15, -0.1) is 11.3 Å². The van der Waals surface area contributed by atoms with Crippen LogP contribution in [0.2, 0.25) is 0 Å². The molecule has 2 amide bonds. The first kappa shape index (κ1) is 18.9. The number of hydrogen-bond acceptors (Lipinski definition) is 4. The Hall–Kier alpha value is -1.40. The summed E-state index contributed by atoms with van der Waals surface area (Å²) < 4.78 is 0. The van der Waals surface area contributed by atoms with Gasteiger partial charge in [-0.2, -0.15) is 0 Å². The van der Waals surface area contributed by atoms with Gasteiger partial charge in [-0.05, 0) is 56.4 Å². The van der Waals surface area contributed by atoms with E-state index in [1.54, 1.807) is 16.2 Å². The predicted molar refractivity (Wildman–Crippen MR) is 106 cm³/mol. The molecule has 0 radical (unpaired) electrons. The summed E-state index contributed by atoms with van der Waals surface area (Å²) in [5.74, 6) is 1.18. The number of thiophene rings is 1. The first-order valence-corrected chi connectivity index (χ1v) is 11.3. The van der Waals surface area contributed by atoms with E-state index in [2.05, 4.69) is 11.0 Å². The van der Waals surface area contributed by atoms with Crippen LogP contribution in [0.25, 0.3) is 0 Å². The van der Waals surface area contributed by atoms with Crippen molar-refractivity contribution >= 4 is 23.2 Å². The van der Waals surface area contributed by atoms with Crippen molar-refractivity contribution in [1.82, 2.24) is 9.80 Å². The fourth-order valence-electron chi connectivity index (χ4n) is 5.24. The van der Waals surface area contributed by atoms with Crippen molar-refractivity contribution in [3.05, 3.63) is 21.9 Å². The van der Waals surface area contributed by atoms with Crippen LogP contribution in [0.5, 0.6) is 0 Å². The van der Waals surface area contributed by atoms with Crippen LogP contribution in [0.15, 0.2) is 11.4 Å². The molecule has 1 N–H and O–H groups in total. The molecule has 2 atom stereocenters. The molecule has 0 unspecified atom stereocenters. The Bertz CT molecular complexity index is 679. The third-order valence-corrected chi connectivity index (χ3v) is 7.85. The number of hydrogen-bond donors (Lipinski definition) is 1. The van der Waals surface area contributed by atoms with Crippen molar-refractivity contribution < 1.29 is 14.7 Å². The molecule has 3 heterocycles. The van der Waals surface area contributed by atoms with Crippen molar-refractivity contribution in [1.29, 1.82) is 0 Å². The van der Waals surface area contributed by atoms with Crippen molar-refractivity contribution in [3.8, 4) is 0 Å². The topological polar surface area (TPSA) is 60.9 Å². The number of likely N-dealkylation sites (tertiary alicyclic amines) is 2. The zero-order valence-electron chi connectivity index (χ0n) is 15.9. The summed E-state index contributed by atoms with van der Waals surface area (Å²) in [4.78, 5) is 30.0. The number of aliphatic hydroxyl groups excluding tert-OH is 1. The largest absolute Gasteiger partial charge is 0.387 e. The van der Waals surface area contributed by atoms with E-state index in [0.717, 1.165) is 31.4 Å². The Labute approximate surface area is 165 Å². The maximum atomic E-state index is 13.2. The average Bonchev–Trinajstić information content (AvgIpc) is 3.22. The summed E-state index contributed by atoms with van der Waals surface area (Å²) >= 11 is 1.69. The number of fused-ring (bicyclic) bond motifs is 1. The number of piperidine rings is 2. The van der Waals surface area contributed by atoms with Crippen LogP contribution in [-0.2, 0) is 4.79 Å². The van der Waals surface area contributed by atoms with Gasteiger partial charge in [0.25, 0.3) is 5.91 Å². The summed E-state index contributed by atoms with van der Waals surface area (Å²) in [7, 11) is 0. The van der Waals surface area contributed by atoms with Gasteiger partial charge in [0.15, 0.2) is 0 Å². The first-order chi connectivity index (χ1) is 13.2. The van der Waals surface area contributed by atoms with Gasteiger partial charge in [-0.3, -0.25) is 9.59 Å². The second kappa shape index (κ2) is 8.31. The summed E-state index contributed by atoms with van der Waals surface area (Å²) in [5, 5.41) is 11.0. The van der Waals surface area contributed by atoms with Gasteiger partial charge in [-0.1, -0.05) is 12.8 Å². The fourth-order valence-corrected chi connectivity index (χ4v) is 6.29. The van der Waals surface area contributed by atoms with Crippen molar-refractivity contribution in [2.24, 2.45) is 5.92 Å². The number of amides is 2. The van der Waals surface area contributed by atoms with Gasteiger partial charge >= 0.3 is 0 Å². The normalized spacial score (nSPS) is 26.7. The minimum Gasteiger partial charge on any atom is -0.387 e. The lowest BCUT2D eigenvalue weighted by Crippen LogP contribution is -2.49. The van der Waals surface area contributed by atoms with Crippen LogP contribution in [0.3, 0.4) is 0 Å². The quantitative estimate of drug-likeness (QED) is 0.862. The highest BCUT2D eigenvalue weighted by Crippen LogP contribution is 2.37. The second-order valence-electron chi connectivity index (χ2n) is 8.30. The smallest absolute Gasteiger partial charge is 0.254 e. The Morgan fingerprint density at radius 1 is 1.04 bits per heavy atom. The number of nitrogens with zero attached hydrogens (tertiary/aromatic N) is 2. The molecule has 0 spiro atoms. The van der Waals surface area contributed by atoms with E-state index in [0.29, 0.717) is 31.0 Å². The van der Waals surface area contributed by atoms with Crippen molar-refractivity contribution in [3.63, 3.8) is 0 Å². The van der Waals surface area contributed by atoms with E-state index < -0.39 is 6.61 Å². The molecule has 1 saturated carbocycles. The van der Waals surface area contributed by atoms with Crippen LogP contribution < -0.4 is 0 Å². The lowest BCUT2D eigenvalue weighted by molar-refractivity contribution is -0.135. The summed E-state index contributed by atoms with van der Waals surface area (Å²) in [6, 6.07) is 2.56. The highest BCUT2D eigenvalue weighted by Gasteiger charge is 2.36. The Morgan fingerprint density at radius 3 is 2.56 bits per heavy atom. The third-order valence-electron chi connectivity index (χ3n) is 6.76. The Balaban J connectivity index is 1.40. The van der Waals surface area contributed by atoms with E-state index >= 15 is 0 Å². The minimum absolute atomic E-state index is 0.178. The maximum absolute atomic E-state index is 13.2. The van der Waals surface area contributed by atoms with Crippen LogP contribution in [0.4, 0.5) is 0 Å². The lowest BCUT2D eigenvalue weighted by Gasteiger charge is -2.44. The van der Waals surface area contributed by atoms with Gasteiger partial charge in [0.05, 0.1) is 5.56 Å². The highest BCUT2D eigenvalue weighted by molar-refractivity contribution is 7.10. The molecule has 1 aromatic heterocycles. The van der Waals surface area contributed by atoms with Crippen LogP contribution >= 0.6 is 11.3 Å². The van der Waals surface area contributed by atoms with Gasteiger partial charge in [-0.25, -0.2) is 0 Å². The van der Waals surface area contributed by atoms with Crippen LogP contribution in [0.1, 0.15) is 72.5 Å². The number of aliphatic hydroxyl groups is 1. The Morgan fingerprint density at radius 2 is 1.78 bits per heavy atom. The summed E-state index contributed by atoms with van der Waals surface area (Å²) in [6.07, 6.45) is 9.28. The van der Waals surface area contributed by atoms with Gasteiger partial charge in [0.1, 0.15) is 6.61 Å². The van der Waals surface area contributed by atoms with Crippen molar-refractivity contribution in [2.75, 3.05) is 26.2 Å². The van der Waals surface area contributed by atoms with Gasteiger partial charge < -0.3 is 14.9 Å². The Kier molecular flexibility index (Phi) is 5.83. The number of rotatable bonds is 3. The van der Waals surface area contributed by atoms with Gasteiger partial charge in [0.2, 0.25) is 5.91 Å². The summed E-state index contributed by atoms with van der Waals surface area (Å²) in [6.45, 7) is 1.90. The average molecular weight is 391 g/mol. The van der Waals surface area contributed by atoms with E-state index in [1.165, 1.54) is 37.0 Å². The molecule has 3 fully saturated rings. The van der Waals surface area contributed by atoms with E-state index in [4.69, 9.17) is 5.11 Å². The molecule has 4 rings (SSSR count). The molecule has 148 valence electrons. The van der Waals surface area contributed by atoms with E-state index in [9.17, 15) is 9.59 Å². The maximum Gasteiger partial charge on any atom is 0.254 e. The molecule has 2 aliphatic heterocycles. The minimum atomic E-state index is -0.402. The third kappa shape index (κ3) is 3.92. The molecule has 5 nitrogen and oxygen atoms in total. The van der Waals surface area contributed by atoms with E-state index in [-0.39, 0.29) is 11.8 Å². The predicted octanol–water partition coefficient (Wildman–Crippen LogP) is 3.24. The SMILES string of the molecule is O=C(CO)N1CCC(c2cc(C(=O)N3CCC[C@@H]4CCCC[C@@H]43)cs2)CC1. The zero-order chi connectivity index (χ0) is 18.8. The van der Waals surface area contributed by atoms with E-state index in [1.807, 2.05) is 5.38 Å². The molecular formula is C21H30N2O3S. The molecule has 27 heavy (non-hydrogen) atoms. The molecule has 6 heteroatoms. The highest BCUT2D eigenvalue weighted by atomic mass is 32.1. The molecular weight excluding hydrogens is 360 g/mol. The fraction of sp³-hybridized carbons (Fsp3) is 0.714. The van der Waals surface area contributed by atoms with Crippen molar-refractivity contribution in [2.45, 2.75) is 63.3 Å². The standard InChI is InChI=1S/C21H30N2O3S/c24-13-20(25)22-10-7-16(8-11-22)19-12-17(14-27-19)21(26)23-9-3-5-15-4-1-2-6-18(15)23/h12,14-16,18,24H,1-11,13H2/t15-,18-/m0/s1. The molecule has 0 aromatic carbocycles. The van der Waals surface area contributed by atoms with Crippen LogP contribution in [-0.4, -0.2) is 59.0 Å². The summed E-state index contributed by atoms with van der Waals surface area (Å²) in [5.41, 5.74) is 0.857. The molecule has 0 bridgehead atoms. The zero-order valence-corrected chi connectivity index (χ0v) is 16.8. The number of carbonyl (C=O) groups excluding carboxylic acids is 2. The first-order valence-electron chi connectivity index (χ1n) is 10.5. The van der Waals surface area contributed by atoms with Crippen LogP contribution in [0, 0.1) is 5.92 Å².